The van der Waals surface area contributed by atoms with Crippen molar-refractivity contribution in [3.8, 4) is 17.2 Å². The van der Waals surface area contributed by atoms with E-state index >= 15 is 0 Å². The first kappa shape index (κ1) is 25.7. The number of hydrogen-bond donors (Lipinski definition) is 0. The van der Waals surface area contributed by atoms with Gasteiger partial charge in [0.1, 0.15) is 6.33 Å². The van der Waals surface area contributed by atoms with E-state index in [-0.39, 0.29) is 17.5 Å². The van der Waals surface area contributed by atoms with Crippen LogP contribution in [0, 0.1) is 18.3 Å². The third-order valence-corrected chi connectivity index (χ3v) is 7.96. The minimum atomic E-state index is 0.0138. The first-order valence-corrected chi connectivity index (χ1v) is 13.9. The predicted octanol–water partition coefficient (Wildman–Crippen LogP) is 5.56. The molecule has 0 N–H and O–H groups in total. The summed E-state index contributed by atoms with van der Waals surface area (Å²) in [5.41, 5.74) is 5.26. The Bertz CT molecular complexity index is 1750. The Balaban J connectivity index is 1.34. The fourth-order valence-electron chi connectivity index (χ4n) is 5.97. The van der Waals surface area contributed by atoms with Gasteiger partial charge in [0.2, 0.25) is 17.6 Å². The van der Waals surface area contributed by atoms with Crippen LogP contribution >= 0.6 is 0 Å². The van der Waals surface area contributed by atoms with Crippen LogP contribution in [0.5, 0.6) is 0 Å². The third kappa shape index (κ3) is 4.70. The zero-order valence-corrected chi connectivity index (χ0v) is 22.7. The third-order valence-electron chi connectivity index (χ3n) is 7.96. The average molecular weight is 534 g/mol. The molecule has 40 heavy (non-hydrogen) atoms. The number of aromatic nitrogens is 6. The lowest BCUT2D eigenvalue weighted by atomic mass is 9.85. The maximum absolute atomic E-state index is 14.2. The molecule has 0 radical (unpaired) electrons. The van der Waals surface area contributed by atoms with Crippen molar-refractivity contribution in [3.63, 3.8) is 0 Å². The van der Waals surface area contributed by atoms with Gasteiger partial charge in [-0.1, -0.05) is 55.8 Å². The molecule has 202 valence electrons. The van der Waals surface area contributed by atoms with Crippen LogP contribution in [0.1, 0.15) is 85.2 Å². The number of aryl methyl sites for hydroxylation is 2. The Morgan fingerprint density at radius 3 is 2.52 bits per heavy atom. The largest absolute Gasteiger partial charge is 0.425 e. The first-order chi connectivity index (χ1) is 19.6. The molecule has 9 nitrogen and oxygen atoms in total. The van der Waals surface area contributed by atoms with Crippen molar-refractivity contribution in [1.82, 2.24) is 29.4 Å². The highest BCUT2D eigenvalue weighted by molar-refractivity contribution is 5.70. The van der Waals surface area contributed by atoms with Gasteiger partial charge in [-0.25, -0.2) is 4.52 Å². The Hall–Kier alpha value is -4.58. The van der Waals surface area contributed by atoms with E-state index in [0.29, 0.717) is 29.5 Å². The van der Waals surface area contributed by atoms with Gasteiger partial charge in [-0.3, -0.25) is 9.36 Å². The second-order valence-electron chi connectivity index (χ2n) is 10.5. The summed E-state index contributed by atoms with van der Waals surface area (Å²) in [6.45, 7) is 3.92. The molecular weight excluding hydrogens is 502 g/mol. The molecule has 1 fully saturated rings. The van der Waals surface area contributed by atoms with Crippen LogP contribution in [0.25, 0.3) is 16.9 Å². The van der Waals surface area contributed by atoms with Crippen molar-refractivity contribution in [2.24, 2.45) is 0 Å². The molecule has 1 saturated carbocycles. The van der Waals surface area contributed by atoms with Crippen molar-refractivity contribution in [3.05, 3.63) is 99.4 Å². The van der Waals surface area contributed by atoms with E-state index in [4.69, 9.17) is 4.42 Å². The molecule has 0 amide bonds. The van der Waals surface area contributed by atoms with Crippen LogP contribution in [0.3, 0.4) is 0 Å². The van der Waals surface area contributed by atoms with Crippen LogP contribution in [0.2, 0.25) is 0 Å². The van der Waals surface area contributed by atoms with E-state index in [1.165, 1.54) is 0 Å². The van der Waals surface area contributed by atoms with Crippen LogP contribution < -0.4 is 5.56 Å². The highest BCUT2D eigenvalue weighted by Gasteiger charge is 2.30. The second-order valence-corrected chi connectivity index (χ2v) is 10.5. The van der Waals surface area contributed by atoms with Gasteiger partial charge in [-0.15, -0.1) is 10.2 Å². The van der Waals surface area contributed by atoms with Crippen LogP contribution in [0.4, 0.5) is 0 Å². The minimum absolute atomic E-state index is 0.0138. The summed E-state index contributed by atoms with van der Waals surface area (Å²) in [4.78, 5) is 18.7. The maximum atomic E-state index is 14.2. The fraction of sp³-hybridized carbons (Fsp3) is 0.355. The van der Waals surface area contributed by atoms with Gasteiger partial charge in [0.05, 0.1) is 17.3 Å². The summed E-state index contributed by atoms with van der Waals surface area (Å²) in [7, 11) is 0. The molecule has 0 aliphatic heterocycles. The summed E-state index contributed by atoms with van der Waals surface area (Å²) in [5.74, 6) is 2.09. The zero-order chi connectivity index (χ0) is 27.6. The summed E-state index contributed by atoms with van der Waals surface area (Å²) < 4.78 is 9.43. The lowest BCUT2D eigenvalue weighted by molar-refractivity contribution is 0.287. The molecule has 0 atom stereocenters. The van der Waals surface area contributed by atoms with Crippen LogP contribution in [-0.2, 0) is 12.8 Å². The van der Waals surface area contributed by atoms with Crippen molar-refractivity contribution in [2.75, 3.05) is 0 Å². The van der Waals surface area contributed by atoms with Crippen LogP contribution in [-0.4, -0.2) is 29.4 Å². The fourth-order valence-corrected chi connectivity index (χ4v) is 5.97. The molecule has 0 spiro atoms. The normalized spacial score (nSPS) is 17.2. The summed E-state index contributed by atoms with van der Waals surface area (Å²) in [6.07, 6.45) is 7.07. The quantitative estimate of drug-likeness (QED) is 0.269. The number of hydrogen-bond acceptors (Lipinski definition) is 7. The van der Waals surface area contributed by atoms with Gasteiger partial charge in [-0.2, -0.15) is 15.3 Å². The number of fused-ring (bicyclic) bond motifs is 1. The van der Waals surface area contributed by atoms with Crippen molar-refractivity contribution < 1.29 is 4.42 Å². The van der Waals surface area contributed by atoms with E-state index in [2.05, 4.69) is 33.3 Å². The topological polar surface area (TPSA) is 115 Å². The zero-order valence-electron chi connectivity index (χ0n) is 22.7. The van der Waals surface area contributed by atoms with Crippen LogP contribution in [0.15, 0.2) is 64.1 Å². The number of nitrogens with zero attached hydrogens (tertiary/aromatic N) is 7. The van der Waals surface area contributed by atoms with Gasteiger partial charge >= 0.3 is 0 Å². The molecule has 6 rings (SSSR count). The van der Waals surface area contributed by atoms with Crippen molar-refractivity contribution in [2.45, 2.75) is 70.8 Å². The van der Waals surface area contributed by atoms with E-state index < -0.39 is 0 Å². The van der Waals surface area contributed by atoms with Gasteiger partial charge in [-0.05, 0) is 54.9 Å². The lowest BCUT2D eigenvalue weighted by Gasteiger charge is -2.29. The molecular formula is C31H31N7O2. The molecule has 0 saturated heterocycles. The molecule has 0 bridgehead atoms. The molecule has 1 aliphatic rings. The number of nitriles is 1. The van der Waals surface area contributed by atoms with E-state index in [9.17, 15) is 10.1 Å². The van der Waals surface area contributed by atoms with Crippen molar-refractivity contribution >= 4 is 5.78 Å². The van der Waals surface area contributed by atoms with Gasteiger partial charge < -0.3 is 4.42 Å². The first-order valence-electron chi connectivity index (χ1n) is 13.9. The highest BCUT2D eigenvalue weighted by Crippen LogP contribution is 2.37. The molecule has 2 aromatic carbocycles. The number of rotatable bonds is 7. The Morgan fingerprint density at radius 1 is 1.05 bits per heavy atom. The molecule has 3 heterocycles. The highest BCUT2D eigenvalue weighted by atomic mass is 16.4. The van der Waals surface area contributed by atoms with Crippen molar-refractivity contribution in [1.29, 1.82) is 5.26 Å². The standard InChI is InChI=1S/C31H31N7O2/c1-3-6-28-27(17-21-9-11-22(12-10-21)26-8-5-4-7-24(26)18-32)30(39)37(31-33-19-34-38(28)31)25-15-13-23(14-16-25)29-36-35-20(2)40-29/h4-5,7-12,19,23,25H,3,6,13-17H2,1-2H3/t23-,25-. The molecule has 1 aliphatic carbocycles. The molecule has 0 unspecified atom stereocenters. The average Bonchev–Trinajstić information content (AvgIpc) is 3.65. The maximum Gasteiger partial charge on any atom is 0.259 e. The number of benzene rings is 2. The Morgan fingerprint density at radius 2 is 1.82 bits per heavy atom. The lowest BCUT2D eigenvalue weighted by Crippen LogP contribution is -2.34. The van der Waals surface area contributed by atoms with Gasteiger partial charge in [0.25, 0.3) is 5.56 Å². The monoisotopic (exact) mass is 533 g/mol. The molecule has 9 heteroatoms. The van der Waals surface area contributed by atoms with Gasteiger partial charge in [0.15, 0.2) is 0 Å². The molecule has 3 aromatic heterocycles. The molecule has 5 aromatic rings. The minimum Gasteiger partial charge on any atom is -0.425 e. The Labute approximate surface area is 232 Å². The van der Waals surface area contributed by atoms with Gasteiger partial charge in [0, 0.05) is 30.9 Å². The van der Waals surface area contributed by atoms with E-state index in [1.54, 1.807) is 6.33 Å². The smallest absolute Gasteiger partial charge is 0.259 e. The summed E-state index contributed by atoms with van der Waals surface area (Å²) in [5, 5.41) is 22.3. The Kier molecular flexibility index (Phi) is 6.99. The second kappa shape index (κ2) is 10.9. The summed E-state index contributed by atoms with van der Waals surface area (Å²) >= 11 is 0. The summed E-state index contributed by atoms with van der Waals surface area (Å²) in [6, 6.07) is 18.0. The predicted molar refractivity (Wildman–Crippen MR) is 150 cm³/mol. The SMILES string of the molecule is CCCc1c(Cc2ccc(-c3ccccc3C#N)cc2)c(=O)n([C@H]2CC[C@H](c3nnc(C)o3)CC2)c2ncnn12. The van der Waals surface area contributed by atoms with E-state index in [1.807, 2.05) is 64.5 Å². The van der Waals surface area contributed by atoms with E-state index in [0.717, 1.165) is 66.5 Å².